The molecule has 0 unspecified atom stereocenters. The van der Waals surface area contributed by atoms with Gasteiger partial charge in [-0.05, 0) is 0 Å². The molecule has 0 bridgehead atoms. The van der Waals surface area contributed by atoms with E-state index in [1.165, 1.54) is 0 Å². The number of hydrazine groups is 2. The van der Waals surface area contributed by atoms with Gasteiger partial charge >= 0.3 is 6.18 Å². The summed E-state index contributed by atoms with van der Waals surface area (Å²) in [4.78, 5) is 0. The van der Waals surface area contributed by atoms with E-state index < -0.39 is 27.0 Å². The molecule has 17 heavy (non-hydrogen) atoms. The molecule has 12 heteroatoms. The van der Waals surface area contributed by atoms with Crippen molar-refractivity contribution < 1.29 is 13.2 Å². The zero-order valence-corrected chi connectivity index (χ0v) is 12.3. The minimum absolute atomic E-state index is 0.484. The summed E-state index contributed by atoms with van der Waals surface area (Å²) < 4.78 is 32.0. The SMILES string of the molecule is FC(F)(F)CNN(CC(Cl)(Cl)Cl)NC(Cl)(Cl)Cl. The summed E-state index contributed by atoms with van der Waals surface area (Å²) in [5.41, 5.74) is 3.91. The van der Waals surface area contributed by atoms with E-state index in [9.17, 15) is 13.2 Å². The van der Waals surface area contributed by atoms with Crippen molar-refractivity contribution in [2.75, 3.05) is 13.1 Å². The highest BCUT2D eigenvalue weighted by Gasteiger charge is 2.33. The second-order valence-corrected chi connectivity index (χ2v) is 7.56. The van der Waals surface area contributed by atoms with Crippen LogP contribution in [0.4, 0.5) is 13.2 Å². The zero-order chi connectivity index (χ0) is 13.9. The van der Waals surface area contributed by atoms with E-state index in [0.29, 0.717) is 5.12 Å². The summed E-state index contributed by atoms with van der Waals surface area (Å²) >= 11 is 32.2. The maximum Gasteiger partial charge on any atom is 0.402 e. The Labute approximate surface area is 125 Å². The molecule has 0 radical (unpaired) electrons. The smallest absolute Gasteiger partial charge is 0.232 e. The Morgan fingerprint density at radius 2 is 1.41 bits per heavy atom. The van der Waals surface area contributed by atoms with Gasteiger partial charge in [-0.25, -0.2) is 5.43 Å². The quantitative estimate of drug-likeness (QED) is 0.445. The molecule has 0 rings (SSSR count). The van der Waals surface area contributed by atoms with Gasteiger partial charge in [-0.2, -0.15) is 23.7 Å². The van der Waals surface area contributed by atoms with Gasteiger partial charge in [0.05, 0.1) is 6.54 Å². The monoisotopic (exact) mass is 375 g/mol. The molecule has 104 valence electrons. The lowest BCUT2D eigenvalue weighted by molar-refractivity contribution is -0.137. The number of hydrogen-bond donors (Lipinski definition) is 2. The molecule has 2 N–H and O–H groups in total. The third kappa shape index (κ3) is 13.6. The summed E-state index contributed by atoms with van der Waals surface area (Å²) in [5.74, 6) is 0. The van der Waals surface area contributed by atoms with Crippen molar-refractivity contribution in [1.82, 2.24) is 16.0 Å². The third-order valence-corrected chi connectivity index (χ3v) is 1.68. The Morgan fingerprint density at radius 3 is 1.71 bits per heavy atom. The number of halogens is 9. The van der Waals surface area contributed by atoms with Gasteiger partial charge in [0.15, 0.2) is 0 Å². The molecule has 0 atom stereocenters. The minimum Gasteiger partial charge on any atom is -0.232 e. The molecule has 0 aliphatic carbocycles. The number of nitrogens with zero attached hydrogens (tertiary/aromatic N) is 1. The van der Waals surface area contributed by atoms with Gasteiger partial charge in [0.25, 0.3) is 3.92 Å². The summed E-state index contributed by atoms with van der Waals surface area (Å²) in [7, 11) is 0. The number of rotatable bonds is 4. The first-order valence-electron chi connectivity index (χ1n) is 3.77. The summed E-state index contributed by atoms with van der Waals surface area (Å²) in [5, 5.41) is 0.632. The fourth-order valence-corrected chi connectivity index (χ4v) is 1.32. The van der Waals surface area contributed by atoms with Crippen molar-refractivity contribution in [3.63, 3.8) is 0 Å². The van der Waals surface area contributed by atoms with E-state index in [-0.39, 0.29) is 0 Å². The first-order chi connectivity index (χ1) is 7.29. The highest BCUT2D eigenvalue weighted by atomic mass is 35.6. The molecular weight excluding hydrogens is 372 g/mol. The zero-order valence-electron chi connectivity index (χ0n) is 7.76. The summed E-state index contributed by atoms with van der Waals surface area (Å²) in [6, 6.07) is 0. The number of alkyl halides is 9. The Balaban J connectivity index is 4.42. The van der Waals surface area contributed by atoms with Crippen molar-refractivity contribution in [2.24, 2.45) is 0 Å². The molecule has 0 aromatic rings. The molecule has 0 fully saturated rings. The largest absolute Gasteiger partial charge is 0.402 e. The van der Waals surface area contributed by atoms with Crippen molar-refractivity contribution in [3.8, 4) is 0 Å². The normalized spacial score (nSPS) is 14.5. The van der Waals surface area contributed by atoms with E-state index >= 15 is 0 Å². The van der Waals surface area contributed by atoms with Crippen LogP contribution in [0.3, 0.4) is 0 Å². The minimum atomic E-state index is -4.47. The lowest BCUT2D eigenvalue weighted by Crippen LogP contribution is -2.57. The fraction of sp³-hybridized carbons (Fsp3) is 1.00. The maximum atomic E-state index is 12.0. The van der Waals surface area contributed by atoms with E-state index in [2.05, 4.69) is 5.43 Å². The molecule has 0 heterocycles. The summed E-state index contributed by atoms with van der Waals surface area (Å²) in [6.07, 6.45) is -4.47. The van der Waals surface area contributed by atoms with Crippen LogP contribution < -0.4 is 10.9 Å². The second kappa shape index (κ2) is 6.72. The fourth-order valence-electron chi connectivity index (χ4n) is 0.652. The average molecular weight is 378 g/mol. The summed E-state index contributed by atoms with van der Waals surface area (Å²) in [6.45, 7) is -1.87. The molecular formula is C5H6Cl6F3N3. The van der Waals surface area contributed by atoms with Crippen LogP contribution in [0.25, 0.3) is 0 Å². The van der Waals surface area contributed by atoms with Gasteiger partial charge < -0.3 is 0 Å². The lowest BCUT2D eigenvalue weighted by atomic mass is 10.6. The molecule has 0 aromatic heterocycles. The van der Waals surface area contributed by atoms with Crippen LogP contribution >= 0.6 is 69.6 Å². The van der Waals surface area contributed by atoms with Crippen molar-refractivity contribution in [2.45, 2.75) is 13.9 Å². The Hall–Kier alpha value is 1.41. The lowest BCUT2D eigenvalue weighted by Gasteiger charge is -2.30. The molecule has 0 amide bonds. The highest BCUT2D eigenvalue weighted by molar-refractivity contribution is 6.68. The van der Waals surface area contributed by atoms with Gasteiger partial charge in [-0.1, -0.05) is 69.6 Å². The van der Waals surface area contributed by atoms with Crippen LogP contribution in [-0.2, 0) is 0 Å². The maximum absolute atomic E-state index is 12.0. The first-order valence-corrected chi connectivity index (χ1v) is 6.04. The molecule has 0 saturated heterocycles. The molecule has 3 nitrogen and oxygen atoms in total. The highest BCUT2D eigenvalue weighted by Crippen LogP contribution is 2.28. The topological polar surface area (TPSA) is 27.3 Å². The van der Waals surface area contributed by atoms with Crippen LogP contribution in [0, 0.1) is 0 Å². The third-order valence-electron chi connectivity index (χ3n) is 1.07. The van der Waals surface area contributed by atoms with Crippen molar-refractivity contribution in [3.05, 3.63) is 0 Å². The second-order valence-electron chi connectivity index (χ2n) is 2.76. The molecule has 0 aliphatic rings. The standard InChI is InChI=1S/C5H6Cl6F3N3/c6-3(7,8)2-17(16-5(9,10)11)15-1-4(12,13)14/h15-16H,1-2H2. The van der Waals surface area contributed by atoms with Gasteiger partial charge in [-0.3, -0.25) is 0 Å². The van der Waals surface area contributed by atoms with Crippen LogP contribution in [-0.4, -0.2) is 32.1 Å². The van der Waals surface area contributed by atoms with E-state index in [1.54, 1.807) is 0 Å². The van der Waals surface area contributed by atoms with E-state index in [0.717, 1.165) is 0 Å². The van der Waals surface area contributed by atoms with Gasteiger partial charge in [0.1, 0.15) is 6.54 Å². The van der Waals surface area contributed by atoms with Crippen molar-refractivity contribution in [1.29, 1.82) is 0 Å². The Bertz CT molecular complexity index is 221. The molecule has 0 spiro atoms. The van der Waals surface area contributed by atoms with Crippen LogP contribution in [0.1, 0.15) is 0 Å². The van der Waals surface area contributed by atoms with Crippen LogP contribution in [0.2, 0.25) is 0 Å². The number of nitrogens with one attached hydrogen (secondary N) is 2. The van der Waals surface area contributed by atoms with Crippen LogP contribution in [0.15, 0.2) is 0 Å². The van der Waals surface area contributed by atoms with Gasteiger partial charge in [0, 0.05) is 0 Å². The van der Waals surface area contributed by atoms with Crippen molar-refractivity contribution >= 4 is 69.6 Å². The Morgan fingerprint density at radius 1 is 0.941 bits per heavy atom. The predicted molar refractivity (Wildman–Crippen MR) is 64.5 cm³/mol. The predicted octanol–water partition coefficient (Wildman–Crippen LogP) is 3.56. The van der Waals surface area contributed by atoms with E-state index in [1.807, 2.05) is 5.43 Å². The molecule has 0 aliphatic heterocycles. The number of hydrogen-bond acceptors (Lipinski definition) is 3. The van der Waals surface area contributed by atoms with Crippen LogP contribution in [0.5, 0.6) is 0 Å². The average Bonchev–Trinajstić information content (AvgIpc) is 1.92. The van der Waals surface area contributed by atoms with Gasteiger partial charge in [0.2, 0.25) is 3.79 Å². The van der Waals surface area contributed by atoms with Gasteiger partial charge in [-0.15, -0.1) is 0 Å². The van der Waals surface area contributed by atoms with E-state index in [4.69, 9.17) is 69.6 Å². The first kappa shape index (κ1) is 18.4. The molecule has 0 saturated carbocycles. The molecule has 0 aromatic carbocycles. The Kier molecular flexibility index (Phi) is 7.28.